The fourth-order valence-electron chi connectivity index (χ4n) is 3.03. The van der Waals surface area contributed by atoms with Gasteiger partial charge in [0.25, 0.3) is 0 Å². The van der Waals surface area contributed by atoms with Crippen LogP contribution in [0, 0.1) is 0 Å². The average molecular weight is 300 g/mol. The Morgan fingerprint density at radius 3 is 2.48 bits per heavy atom. The van der Waals surface area contributed by atoms with E-state index in [9.17, 15) is 4.79 Å². The number of hydrogen-bond donors (Lipinski definition) is 0. The quantitative estimate of drug-likeness (QED) is 0.740. The normalized spacial score (nSPS) is 15.9. The van der Waals surface area contributed by atoms with E-state index in [1.165, 1.54) is 49.0 Å². The van der Waals surface area contributed by atoms with Crippen LogP contribution in [-0.2, 0) is 0 Å². The van der Waals surface area contributed by atoms with Crippen LogP contribution in [0.25, 0.3) is 0 Å². The summed E-state index contributed by atoms with van der Waals surface area (Å²) >= 11 is 1.43. The van der Waals surface area contributed by atoms with Crippen molar-refractivity contribution < 1.29 is 9.53 Å². The van der Waals surface area contributed by atoms with Crippen molar-refractivity contribution in [1.82, 2.24) is 0 Å². The Bertz CT molecular complexity index is 606. The summed E-state index contributed by atoms with van der Waals surface area (Å²) in [5.41, 5.74) is 2.15. The number of ketones is 1. The Morgan fingerprint density at radius 1 is 1.14 bits per heavy atom. The monoisotopic (exact) mass is 300 g/mol. The van der Waals surface area contributed by atoms with Gasteiger partial charge in [-0.3, -0.25) is 4.79 Å². The number of methoxy groups -OCH3 is 1. The maximum absolute atomic E-state index is 12.4. The van der Waals surface area contributed by atoms with Crippen LogP contribution in [0.2, 0.25) is 0 Å². The van der Waals surface area contributed by atoms with Crippen LogP contribution < -0.4 is 4.74 Å². The standard InChI is InChI=1S/C18H20O2S/c1-20-16-11-17(21-12-16)18(19)15-9-7-14(8-10-15)13-5-3-2-4-6-13/h7-13H,2-6H2,1H3. The molecule has 1 fully saturated rings. The molecule has 1 aromatic heterocycles. The van der Waals surface area contributed by atoms with Crippen LogP contribution in [0.4, 0.5) is 0 Å². The van der Waals surface area contributed by atoms with E-state index in [-0.39, 0.29) is 5.78 Å². The van der Waals surface area contributed by atoms with E-state index in [0.717, 1.165) is 16.2 Å². The number of carbonyl (C=O) groups excluding carboxylic acids is 1. The Labute approximate surface area is 129 Å². The van der Waals surface area contributed by atoms with Gasteiger partial charge in [-0.25, -0.2) is 0 Å². The molecule has 1 aromatic carbocycles. The molecule has 2 nitrogen and oxygen atoms in total. The highest BCUT2D eigenvalue weighted by atomic mass is 32.1. The topological polar surface area (TPSA) is 26.3 Å². The molecular formula is C18H20O2S. The fraction of sp³-hybridized carbons (Fsp3) is 0.389. The number of carbonyl (C=O) groups is 1. The minimum absolute atomic E-state index is 0.0819. The Balaban J connectivity index is 1.75. The van der Waals surface area contributed by atoms with E-state index in [0.29, 0.717) is 5.92 Å². The van der Waals surface area contributed by atoms with Crippen molar-refractivity contribution in [2.24, 2.45) is 0 Å². The molecule has 0 spiro atoms. The first-order valence-corrected chi connectivity index (χ1v) is 8.43. The van der Waals surface area contributed by atoms with Crippen molar-refractivity contribution in [2.75, 3.05) is 7.11 Å². The van der Waals surface area contributed by atoms with Crippen LogP contribution >= 0.6 is 11.3 Å². The first-order chi connectivity index (χ1) is 10.3. The predicted octanol–water partition coefficient (Wildman–Crippen LogP) is 5.04. The van der Waals surface area contributed by atoms with Gasteiger partial charge in [0, 0.05) is 17.0 Å². The summed E-state index contributed by atoms with van der Waals surface area (Å²) in [6, 6.07) is 10.0. The van der Waals surface area contributed by atoms with Crippen LogP contribution in [0.15, 0.2) is 35.7 Å². The van der Waals surface area contributed by atoms with Crippen molar-refractivity contribution >= 4 is 17.1 Å². The summed E-state index contributed by atoms with van der Waals surface area (Å²) in [6.45, 7) is 0. The molecule has 0 aliphatic heterocycles. The molecule has 1 aliphatic rings. The predicted molar refractivity (Wildman–Crippen MR) is 86.6 cm³/mol. The number of ether oxygens (including phenoxy) is 1. The molecule has 3 heteroatoms. The summed E-state index contributed by atoms with van der Waals surface area (Å²) in [7, 11) is 1.62. The number of benzene rings is 1. The van der Waals surface area contributed by atoms with Gasteiger partial charge in [-0.1, -0.05) is 43.5 Å². The molecule has 1 aliphatic carbocycles. The van der Waals surface area contributed by atoms with Gasteiger partial charge in [-0.15, -0.1) is 11.3 Å². The third-order valence-electron chi connectivity index (χ3n) is 4.28. The Kier molecular flexibility index (Phi) is 4.39. The van der Waals surface area contributed by atoms with Gasteiger partial charge in [0.15, 0.2) is 0 Å². The minimum Gasteiger partial charge on any atom is -0.496 e. The maximum atomic E-state index is 12.4. The van der Waals surface area contributed by atoms with Gasteiger partial charge < -0.3 is 4.74 Å². The lowest BCUT2D eigenvalue weighted by Gasteiger charge is -2.21. The average Bonchev–Trinajstić information content (AvgIpc) is 3.04. The zero-order chi connectivity index (χ0) is 14.7. The van der Waals surface area contributed by atoms with Gasteiger partial charge in [-0.2, -0.15) is 0 Å². The minimum atomic E-state index is 0.0819. The van der Waals surface area contributed by atoms with Crippen molar-refractivity contribution in [3.05, 3.63) is 51.7 Å². The number of thiophene rings is 1. The van der Waals surface area contributed by atoms with Crippen LogP contribution in [0.1, 0.15) is 58.8 Å². The second-order valence-electron chi connectivity index (χ2n) is 5.64. The van der Waals surface area contributed by atoms with Gasteiger partial charge >= 0.3 is 0 Å². The SMILES string of the molecule is COc1csc(C(=O)c2ccc(C3CCCCC3)cc2)c1. The molecule has 0 unspecified atom stereocenters. The van der Waals surface area contributed by atoms with Gasteiger partial charge in [0.2, 0.25) is 5.78 Å². The van der Waals surface area contributed by atoms with Crippen molar-refractivity contribution in [1.29, 1.82) is 0 Å². The molecule has 0 bridgehead atoms. The molecule has 0 amide bonds. The summed E-state index contributed by atoms with van der Waals surface area (Å²) in [4.78, 5) is 13.2. The molecule has 2 aromatic rings. The second-order valence-corrected chi connectivity index (χ2v) is 6.55. The molecule has 0 atom stereocenters. The molecule has 1 saturated carbocycles. The van der Waals surface area contributed by atoms with E-state index in [4.69, 9.17) is 4.74 Å². The largest absolute Gasteiger partial charge is 0.496 e. The lowest BCUT2D eigenvalue weighted by atomic mass is 9.84. The fourth-order valence-corrected chi connectivity index (χ4v) is 3.85. The molecule has 0 N–H and O–H groups in total. The molecule has 1 heterocycles. The van der Waals surface area contributed by atoms with Crippen LogP contribution in [0.3, 0.4) is 0 Å². The number of rotatable bonds is 4. The lowest BCUT2D eigenvalue weighted by Crippen LogP contribution is -2.05. The summed E-state index contributed by atoms with van der Waals surface area (Å²) in [5, 5.41) is 1.86. The highest BCUT2D eigenvalue weighted by molar-refractivity contribution is 7.12. The summed E-state index contributed by atoms with van der Waals surface area (Å²) in [6.07, 6.45) is 6.61. The maximum Gasteiger partial charge on any atom is 0.203 e. The zero-order valence-corrected chi connectivity index (χ0v) is 13.1. The second kappa shape index (κ2) is 6.44. The van der Waals surface area contributed by atoms with Crippen LogP contribution in [0.5, 0.6) is 5.75 Å². The highest BCUT2D eigenvalue weighted by Gasteiger charge is 2.17. The lowest BCUT2D eigenvalue weighted by molar-refractivity contribution is 0.104. The Hall–Kier alpha value is -1.61. The van der Waals surface area contributed by atoms with E-state index in [2.05, 4.69) is 12.1 Å². The van der Waals surface area contributed by atoms with E-state index in [1.54, 1.807) is 7.11 Å². The van der Waals surface area contributed by atoms with Crippen molar-refractivity contribution in [2.45, 2.75) is 38.0 Å². The summed E-state index contributed by atoms with van der Waals surface area (Å²) < 4.78 is 5.14. The smallest absolute Gasteiger partial charge is 0.203 e. The van der Waals surface area contributed by atoms with Crippen molar-refractivity contribution in [3.8, 4) is 5.75 Å². The summed E-state index contributed by atoms with van der Waals surface area (Å²) in [5.74, 6) is 1.52. The molecule has 0 saturated heterocycles. The van der Waals surface area contributed by atoms with Gasteiger partial charge in [-0.05, 0) is 24.3 Å². The van der Waals surface area contributed by atoms with E-state index >= 15 is 0 Å². The molecule has 110 valence electrons. The van der Waals surface area contributed by atoms with Crippen LogP contribution in [-0.4, -0.2) is 12.9 Å². The van der Waals surface area contributed by atoms with E-state index in [1.807, 2.05) is 23.6 Å². The first kappa shape index (κ1) is 14.3. The third kappa shape index (κ3) is 3.18. The number of hydrogen-bond acceptors (Lipinski definition) is 3. The van der Waals surface area contributed by atoms with Gasteiger partial charge in [0.05, 0.1) is 12.0 Å². The molecule has 21 heavy (non-hydrogen) atoms. The van der Waals surface area contributed by atoms with E-state index < -0.39 is 0 Å². The zero-order valence-electron chi connectivity index (χ0n) is 12.3. The highest BCUT2D eigenvalue weighted by Crippen LogP contribution is 2.33. The third-order valence-corrected chi connectivity index (χ3v) is 5.19. The first-order valence-electron chi connectivity index (χ1n) is 7.55. The molecule has 3 rings (SSSR count). The molecular weight excluding hydrogens is 280 g/mol. The Morgan fingerprint density at radius 2 is 1.86 bits per heavy atom. The van der Waals surface area contributed by atoms with Gasteiger partial charge in [0.1, 0.15) is 5.75 Å². The van der Waals surface area contributed by atoms with Crippen molar-refractivity contribution in [3.63, 3.8) is 0 Å². The molecule has 0 radical (unpaired) electrons.